The Kier molecular flexibility index (Phi) is 10.8. The van der Waals surface area contributed by atoms with Crippen molar-refractivity contribution < 1.29 is 24.1 Å². The predicted molar refractivity (Wildman–Crippen MR) is 206 cm³/mol. The van der Waals surface area contributed by atoms with Gasteiger partial charge in [-0.2, -0.15) is 0 Å². The minimum atomic E-state index is -1.08. The van der Waals surface area contributed by atoms with E-state index in [2.05, 4.69) is 54.8 Å². The van der Waals surface area contributed by atoms with E-state index < -0.39 is 11.5 Å². The van der Waals surface area contributed by atoms with E-state index >= 15 is 0 Å². The van der Waals surface area contributed by atoms with Gasteiger partial charge < -0.3 is 29.5 Å². The zero-order valence-electron chi connectivity index (χ0n) is 31.0. The van der Waals surface area contributed by atoms with Gasteiger partial charge in [-0.25, -0.2) is 4.79 Å². The Hall–Kier alpha value is -3.75. The van der Waals surface area contributed by atoms with Gasteiger partial charge in [0.15, 0.2) is 11.5 Å². The van der Waals surface area contributed by atoms with Crippen LogP contribution in [0.15, 0.2) is 61.3 Å². The molecular weight excluding hydrogens is 674 g/mol. The van der Waals surface area contributed by atoms with Crippen molar-refractivity contribution in [3.8, 4) is 17.2 Å². The highest BCUT2D eigenvalue weighted by Crippen LogP contribution is 2.58. The minimum absolute atomic E-state index is 0.183. The van der Waals surface area contributed by atoms with Crippen LogP contribution in [0.5, 0.6) is 17.2 Å². The van der Waals surface area contributed by atoms with Crippen LogP contribution in [-0.2, 0) is 23.1 Å². The number of fused-ring (bicyclic) bond motifs is 4. The molecule has 52 heavy (non-hydrogen) atoms. The van der Waals surface area contributed by atoms with E-state index in [-0.39, 0.29) is 11.3 Å². The van der Waals surface area contributed by atoms with Crippen LogP contribution in [0.4, 0.5) is 5.69 Å². The van der Waals surface area contributed by atoms with Gasteiger partial charge in [-0.05, 0) is 136 Å². The molecular formula is C43H54ClN3O5. The van der Waals surface area contributed by atoms with Crippen LogP contribution < -0.4 is 19.5 Å². The molecule has 2 aromatic carbocycles. The fourth-order valence-corrected chi connectivity index (χ4v) is 9.83. The Morgan fingerprint density at radius 3 is 2.67 bits per heavy atom. The molecule has 7 rings (SSSR count). The lowest BCUT2D eigenvalue weighted by Gasteiger charge is -2.47. The van der Waals surface area contributed by atoms with Gasteiger partial charge in [0.25, 0.3) is 0 Å². The summed E-state index contributed by atoms with van der Waals surface area (Å²) in [5.41, 5.74) is 4.54. The number of nitrogens with zero attached hydrogens (tertiary/aromatic N) is 2. The van der Waals surface area contributed by atoms with Gasteiger partial charge >= 0.3 is 5.97 Å². The highest BCUT2D eigenvalue weighted by molar-refractivity contribution is 6.30. The zero-order valence-corrected chi connectivity index (χ0v) is 31.7. The largest absolute Gasteiger partial charge is 0.493 e. The van der Waals surface area contributed by atoms with E-state index in [0.29, 0.717) is 55.4 Å². The molecule has 2 N–H and O–H groups in total. The number of carbonyl (C=O) groups is 1. The number of ether oxygens (including phenoxy) is 3. The molecule has 2 heterocycles. The minimum Gasteiger partial charge on any atom is -0.493 e. The maximum absolute atomic E-state index is 13.0. The molecule has 0 radical (unpaired) electrons. The standard InChI is InChI=1S/C43H54ClN3O5/c1-5-18-47(4)24-30-26-51-38-21-31-20-32(19-28(2)25-50-37-12-17-45-36-11-6-8-29(3)40(36)37)42(35(31)23-39(38)52-27-30)13-15-43(16-14-42,41(48)49)46-34-10-7-9-33(44)22-34/h5,7,9-10,12,17,21-23,28-30,32,46H,1,6,8,11,13-16,18-20,24-27H2,2-4H3,(H,48,49)/t28-,29-,30?,32?,42?,43?/m1/s1. The SMILES string of the molecule is C=CCN(C)CC1COc2cc3c(cc2OC1)C1(CCC(Nc2cccc(Cl)c2)(C(=O)O)CC1)C(C[C@@H](C)COc1ccnc2c1[C@H](C)CCC2)C3. The quantitative estimate of drug-likeness (QED) is 0.179. The predicted octanol–water partition coefficient (Wildman–Crippen LogP) is 8.70. The summed E-state index contributed by atoms with van der Waals surface area (Å²) in [6, 6.07) is 13.9. The van der Waals surface area contributed by atoms with E-state index in [9.17, 15) is 9.90 Å². The lowest BCUT2D eigenvalue weighted by atomic mass is 9.59. The van der Waals surface area contributed by atoms with E-state index in [1.165, 1.54) is 35.2 Å². The van der Waals surface area contributed by atoms with Crippen molar-refractivity contribution in [1.29, 1.82) is 0 Å². The number of pyridine rings is 1. The number of aromatic nitrogens is 1. The number of aliphatic carboxylic acids is 1. The molecule has 2 unspecified atom stereocenters. The van der Waals surface area contributed by atoms with Gasteiger partial charge in [0, 0.05) is 47.2 Å². The van der Waals surface area contributed by atoms with Gasteiger partial charge in [-0.1, -0.05) is 37.6 Å². The van der Waals surface area contributed by atoms with Crippen LogP contribution in [0.1, 0.15) is 87.1 Å². The number of carboxylic acids is 1. The Morgan fingerprint density at radius 2 is 1.94 bits per heavy atom. The molecule has 0 amide bonds. The number of anilines is 1. The molecule has 1 saturated carbocycles. The fourth-order valence-electron chi connectivity index (χ4n) is 9.64. The van der Waals surface area contributed by atoms with Gasteiger partial charge in [0.1, 0.15) is 11.3 Å². The third kappa shape index (κ3) is 7.38. The summed E-state index contributed by atoms with van der Waals surface area (Å²) in [5, 5.41) is 14.7. The molecule has 1 aliphatic heterocycles. The fraction of sp³-hybridized carbons (Fsp3) is 0.535. The van der Waals surface area contributed by atoms with Crippen molar-refractivity contribution in [2.75, 3.05) is 45.3 Å². The zero-order chi connectivity index (χ0) is 36.5. The topological polar surface area (TPSA) is 93.2 Å². The second kappa shape index (κ2) is 15.3. The summed E-state index contributed by atoms with van der Waals surface area (Å²) in [6.07, 6.45) is 11.6. The molecule has 3 aromatic rings. The number of nitrogens with one attached hydrogen (secondary N) is 1. The summed E-state index contributed by atoms with van der Waals surface area (Å²) < 4.78 is 19.5. The van der Waals surface area contributed by atoms with Crippen molar-refractivity contribution >= 4 is 23.3 Å². The van der Waals surface area contributed by atoms with Crippen LogP contribution >= 0.6 is 11.6 Å². The van der Waals surface area contributed by atoms with Crippen LogP contribution in [0, 0.1) is 17.8 Å². The van der Waals surface area contributed by atoms with Gasteiger partial charge in [0.05, 0.1) is 19.8 Å². The van der Waals surface area contributed by atoms with E-state index in [0.717, 1.165) is 68.1 Å². The average Bonchev–Trinajstić information content (AvgIpc) is 3.25. The number of likely N-dealkylation sites (N-methyl/N-ethyl adjacent to an activating group) is 1. The first-order chi connectivity index (χ1) is 25.1. The van der Waals surface area contributed by atoms with Crippen molar-refractivity contribution in [2.45, 2.75) is 88.5 Å². The second-order valence-corrected chi connectivity index (χ2v) is 16.6. The Balaban J connectivity index is 1.14. The second-order valence-electron chi connectivity index (χ2n) is 16.1. The molecule has 9 heteroatoms. The molecule has 3 aliphatic carbocycles. The number of carboxylic acid groups (broad SMARTS) is 1. The molecule has 0 saturated heterocycles. The normalized spacial score (nSPS) is 27.0. The van der Waals surface area contributed by atoms with Gasteiger partial charge in [0.2, 0.25) is 0 Å². The van der Waals surface area contributed by atoms with E-state index in [4.69, 9.17) is 25.8 Å². The van der Waals surface area contributed by atoms with Crippen molar-refractivity contribution in [3.63, 3.8) is 0 Å². The Labute approximate surface area is 313 Å². The van der Waals surface area contributed by atoms with Crippen LogP contribution in [-0.4, -0.2) is 66.5 Å². The van der Waals surface area contributed by atoms with Gasteiger partial charge in [-0.3, -0.25) is 4.98 Å². The number of aryl methyl sites for hydroxylation is 1. The molecule has 4 aliphatic rings. The maximum atomic E-state index is 13.0. The monoisotopic (exact) mass is 727 g/mol. The van der Waals surface area contributed by atoms with E-state index in [1.54, 1.807) is 6.07 Å². The summed E-state index contributed by atoms with van der Waals surface area (Å²) in [5.74, 6) is 3.10. The van der Waals surface area contributed by atoms with Crippen LogP contribution in [0.25, 0.3) is 0 Å². The summed E-state index contributed by atoms with van der Waals surface area (Å²) >= 11 is 6.30. The smallest absolute Gasteiger partial charge is 0.329 e. The third-order valence-corrected chi connectivity index (χ3v) is 12.5. The lowest BCUT2D eigenvalue weighted by Crippen LogP contribution is -2.53. The maximum Gasteiger partial charge on any atom is 0.329 e. The summed E-state index contributed by atoms with van der Waals surface area (Å²) in [4.78, 5) is 20.0. The number of rotatable bonds is 12. The Morgan fingerprint density at radius 1 is 1.17 bits per heavy atom. The molecule has 8 nitrogen and oxygen atoms in total. The van der Waals surface area contributed by atoms with Crippen molar-refractivity contribution in [3.05, 3.63) is 88.7 Å². The molecule has 278 valence electrons. The molecule has 4 atom stereocenters. The lowest BCUT2D eigenvalue weighted by molar-refractivity contribution is -0.144. The summed E-state index contributed by atoms with van der Waals surface area (Å²) in [6.45, 7) is 12.0. The molecule has 0 bridgehead atoms. The van der Waals surface area contributed by atoms with Gasteiger partial charge in [-0.15, -0.1) is 6.58 Å². The van der Waals surface area contributed by atoms with Crippen LogP contribution in [0.3, 0.4) is 0 Å². The third-order valence-electron chi connectivity index (χ3n) is 12.3. The first kappa shape index (κ1) is 36.6. The number of benzene rings is 2. The highest BCUT2D eigenvalue weighted by atomic mass is 35.5. The molecule has 1 spiro atoms. The number of hydrogen-bond acceptors (Lipinski definition) is 7. The Bertz CT molecular complexity index is 1770. The molecule has 1 aromatic heterocycles. The summed E-state index contributed by atoms with van der Waals surface area (Å²) in [7, 11) is 2.09. The first-order valence-corrected chi connectivity index (χ1v) is 19.6. The molecule has 1 fully saturated rings. The van der Waals surface area contributed by atoms with Crippen molar-refractivity contribution in [1.82, 2.24) is 9.88 Å². The number of halogens is 1. The van der Waals surface area contributed by atoms with Crippen LogP contribution in [0.2, 0.25) is 5.02 Å². The first-order valence-electron chi connectivity index (χ1n) is 19.2. The van der Waals surface area contributed by atoms with Crippen molar-refractivity contribution in [2.24, 2.45) is 17.8 Å². The average molecular weight is 728 g/mol. The highest BCUT2D eigenvalue weighted by Gasteiger charge is 2.54. The van der Waals surface area contributed by atoms with E-state index in [1.807, 2.05) is 36.5 Å². The number of hydrogen-bond donors (Lipinski definition) is 2.